The first kappa shape index (κ1) is 11.3. The number of carbonyl (C=O) groups excluding carboxylic acids is 1. The molecule has 1 aromatic heterocycles. The summed E-state index contributed by atoms with van der Waals surface area (Å²) in [6, 6.07) is 11.4. The molecule has 2 aromatic rings. The number of nitrogens with zero attached hydrogens (tertiary/aromatic N) is 1. The molecule has 3 nitrogen and oxygen atoms in total. The molecule has 0 spiro atoms. The van der Waals surface area contributed by atoms with E-state index in [1.165, 1.54) is 11.3 Å². The third-order valence-corrected chi connectivity index (χ3v) is 3.76. The van der Waals surface area contributed by atoms with E-state index in [4.69, 9.17) is 4.74 Å². The van der Waals surface area contributed by atoms with Crippen molar-refractivity contribution < 1.29 is 9.53 Å². The Morgan fingerprint density at radius 1 is 1.33 bits per heavy atom. The van der Waals surface area contributed by atoms with Crippen molar-refractivity contribution in [1.82, 2.24) is 0 Å². The van der Waals surface area contributed by atoms with E-state index in [0.29, 0.717) is 6.54 Å². The van der Waals surface area contributed by atoms with E-state index < -0.39 is 0 Å². The molecule has 1 aliphatic heterocycles. The molecule has 0 aliphatic carbocycles. The summed E-state index contributed by atoms with van der Waals surface area (Å²) in [5, 5.41) is 1.92. The van der Waals surface area contributed by atoms with Crippen molar-refractivity contribution in [2.75, 3.05) is 11.4 Å². The third kappa shape index (κ3) is 1.88. The van der Waals surface area contributed by atoms with Crippen molar-refractivity contribution in [3.63, 3.8) is 0 Å². The second kappa shape index (κ2) is 4.46. The maximum Gasteiger partial charge on any atom is 0.268 e. The van der Waals surface area contributed by atoms with E-state index in [2.05, 4.69) is 0 Å². The highest BCUT2D eigenvalue weighted by Gasteiger charge is 2.28. The second-order valence-corrected chi connectivity index (χ2v) is 5.24. The number of para-hydroxylation sites is 2. The van der Waals surface area contributed by atoms with Gasteiger partial charge in [0.15, 0.2) is 0 Å². The minimum absolute atomic E-state index is 0.0174. The minimum atomic E-state index is 0.0174. The van der Waals surface area contributed by atoms with Crippen LogP contribution in [0.5, 0.6) is 5.75 Å². The first-order valence-corrected chi connectivity index (χ1v) is 6.75. The molecular formula is C14H13NO2S. The van der Waals surface area contributed by atoms with E-state index in [-0.39, 0.29) is 12.0 Å². The van der Waals surface area contributed by atoms with Crippen LogP contribution < -0.4 is 9.64 Å². The quantitative estimate of drug-likeness (QED) is 0.787. The Labute approximate surface area is 110 Å². The van der Waals surface area contributed by atoms with Crippen LogP contribution >= 0.6 is 11.3 Å². The van der Waals surface area contributed by atoms with Gasteiger partial charge in [-0.1, -0.05) is 18.2 Å². The molecule has 0 radical (unpaired) electrons. The number of carbonyl (C=O) groups is 1. The number of hydrogen-bond donors (Lipinski definition) is 0. The summed E-state index contributed by atoms with van der Waals surface area (Å²) >= 11 is 1.47. The van der Waals surface area contributed by atoms with E-state index in [1.807, 2.05) is 48.7 Å². The summed E-state index contributed by atoms with van der Waals surface area (Å²) in [5.74, 6) is 0.828. The summed E-state index contributed by atoms with van der Waals surface area (Å²) in [6.07, 6.45) is 0.0174. The van der Waals surface area contributed by atoms with Crippen molar-refractivity contribution in [1.29, 1.82) is 0 Å². The number of thiophene rings is 1. The zero-order valence-corrected chi connectivity index (χ0v) is 10.8. The fraction of sp³-hybridized carbons (Fsp3) is 0.214. The molecule has 0 unspecified atom stereocenters. The summed E-state index contributed by atoms with van der Waals surface area (Å²) in [4.78, 5) is 15.0. The molecule has 0 saturated heterocycles. The average Bonchev–Trinajstić information content (AvgIpc) is 2.90. The normalized spacial score (nSPS) is 18.1. The van der Waals surface area contributed by atoms with Crippen LogP contribution in [-0.4, -0.2) is 18.6 Å². The standard InChI is InChI=1S/C14H13NO2S/c1-10-9-15(14(16)13-7-4-8-18-13)11-5-2-3-6-12(11)17-10/h2-8,10H,9H2,1H3/t10-/m1/s1. The van der Waals surface area contributed by atoms with Crippen LogP contribution in [0, 0.1) is 0 Å². The van der Waals surface area contributed by atoms with Crippen LogP contribution in [0.2, 0.25) is 0 Å². The van der Waals surface area contributed by atoms with E-state index in [0.717, 1.165) is 16.3 Å². The van der Waals surface area contributed by atoms with Crippen LogP contribution in [0.25, 0.3) is 0 Å². The highest BCUT2D eigenvalue weighted by atomic mass is 32.1. The summed E-state index contributed by atoms with van der Waals surface area (Å²) < 4.78 is 5.74. The lowest BCUT2D eigenvalue weighted by molar-refractivity contribution is 0.0965. The maximum atomic E-state index is 12.4. The Morgan fingerprint density at radius 2 is 2.17 bits per heavy atom. The average molecular weight is 259 g/mol. The van der Waals surface area contributed by atoms with Gasteiger partial charge in [-0.3, -0.25) is 4.79 Å². The number of benzene rings is 1. The SMILES string of the molecule is C[C@@H]1CN(C(=O)c2cccs2)c2ccccc2O1. The van der Waals surface area contributed by atoms with Gasteiger partial charge in [0.1, 0.15) is 11.9 Å². The van der Waals surface area contributed by atoms with Gasteiger partial charge < -0.3 is 9.64 Å². The fourth-order valence-corrected chi connectivity index (χ4v) is 2.79. The van der Waals surface area contributed by atoms with Crippen LogP contribution in [0.4, 0.5) is 5.69 Å². The Bertz CT molecular complexity index is 565. The Hall–Kier alpha value is -1.81. The van der Waals surface area contributed by atoms with Gasteiger partial charge in [-0.25, -0.2) is 0 Å². The van der Waals surface area contributed by atoms with E-state index in [1.54, 1.807) is 4.90 Å². The predicted molar refractivity (Wildman–Crippen MR) is 72.5 cm³/mol. The van der Waals surface area contributed by atoms with E-state index >= 15 is 0 Å². The fourth-order valence-electron chi connectivity index (χ4n) is 2.11. The number of hydrogen-bond acceptors (Lipinski definition) is 3. The summed E-state index contributed by atoms with van der Waals surface area (Å²) in [7, 11) is 0. The van der Waals surface area contributed by atoms with Crippen molar-refractivity contribution in [2.24, 2.45) is 0 Å². The Kier molecular flexibility index (Phi) is 2.80. The van der Waals surface area contributed by atoms with Crippen molar-refractivity contribution in [3.05, 3.63) is 46.7 Å². The maximum absolute atomic E-state index is 12.4. The van der Waals surface area contributed by atoms with Crippen molar-refractivity contribution >= 4 is 22.9 Å². The lowest BCUT2D eigenvalue weighted by Gasteiger charge is -2.33. The highest BCUT2D eigenvalue weighted by molar-refractivity contribution is 7.12. The van der Waals surface area contributed by atoms with Crippen LogP contribution in [0.15, 0.2) is 41.8 Å². The number of amides is 1. The molecule has 92 valence electrons. The third-order valence-electron chi connectivity index (χ3n) is 2.90. The highest BCUT2D eigenvalue weighted by Crippen LogP contribution is 2.34. The summed E-state index contributed by atoms with van der Waals surface area (Å²) in [6.45, 7) is 2.57. The predicted octanol–water partition coefficient (Wildman–Crippen LogP) is 3.18. The monoisotopic (exact) mass is 259 g/mol. The van der Waals surface area contributed by atoms with Gasteiger partial charge in [-0.15, -0.1) is 11.3 Å². The minimum Gasteiger partial charge on any atom is -0.487 e. The van der Waals surface area contributed by atoms with Gasteiger partial charge in [0.05, 0.1) is 17.1 Å². The summed E-state index contributed by atoms with van der Waals surface area (Å²) in [5.41, 5.74) is 0.856. The van der Waals surface area contributed by atoms with Gasteiger partial charge in [0.2, 0.25) is 0 Å². The number of anilines is 1. The zero-order chi connectivity index (χ0) is 12.5. The molecule has 1 atom stereocenters. The van der Waals surface area contributed by atoms with Gasteiger partial charge in [-0.05, 0) is 30.5 Å². The molecule has 0 fully saturated rings. The Balaban J connectivity index is 2.00. The Morgan fingerprint density at radius 3 is 2.94 bits per heavy atom. The number of fused-ring (bicyclic) bond motifs is 1. The molecule has 1 aromatic carbocycles. The van der Waals surface area contributed by atoms with Gasteiger partial charge in [-0.2, -0.15) is 0 Å². The van der Waals surface area contributed by atoms with Crippen LogP contribution in [0.1, 0.15) is 16.6 Å². The molecule has 1 amide bonds. The molecule has 2 heterocycles. The molecule has 18 heavy (non-hydrogen) atoms. The van der Waals surface area contributed by atoms with Gasteiger partial charge in [0, 0.05) is 0 Å². The molecule has 0 bridgehead atoms. The molecule has 0 saturated carbocycles. The second-order valence-electron chi connectivity index (χ2n) is 4.29. The molecule has 1 aliphatic rings. The van der Waals surface area contributed by atoms with Crippen LogP contribution in [-0.2, 0) is 0 Å². The van der Waals surface area contributed by atoms with Gasteiger partial charge in [0.25, 0.3) is 5.91 Å². The zero-order valence-electron chi connectivity index (χ0n) is 10.00. The number of rotatable bonds is 1. The molecule has 4 heteroatoms. The van der Waals surface area contributed by atoms with Crippen molar-refractivity contribution in [3.8, 4) is 5.75 Å². The first-order chi connectivity index (χ1) is 8.75. The van der Waals surface area contributed by atoms with Crippen molar-refractivity contribution in [2.45, 2.75) is 13.0 Å². The topological polar surface area (TPSA) is 29.5 Å². The smallest absolute Gasteiger partial charge is 0.268 e. The van der Waals surface area contributed by atoms with Crippen LogP contribution in [0.3, 0.4) is 0 Å². The van der Waals surface area contributed by atoms with E-state index in [9.17, 15) is 4.79 Å². The number of ether oxygens (including phenoxy) is 1. The molecule has 3 rings (SSSR count). The molecular weight excluding hydrogens is 246 g/mol. The molecule has 0 N–H and O–H groups in total. The lowest BCUT2D eigenvalue weighted by atomic mass is 10.2. The first-order valence-electron chi connectivity index (χ1n) is 5.87. The van der Waals surface area contributed by atoms with Gasteiger partial charge >= 0.3 is 0 Å². The largest absolute Gasteiger partial charge is 0.487 e. The lowest BCUT2D eigenvalue weighted by Crippen LogP contribution is -2.42.